The van der Waals surface area contributed by atoms with Crippen LogP contribution in [0.3, 0.4) is 0 Å². The fourth-order valence-corrected chi connectivity index (χ4v) is 5.84. The van der Waals surface area contributed by atoms with Crippen molar-refractivity contribution >= 4 is 23.0 Å². The summed E-state index contributed by atoms with van der Waals surface area (Å²) in [5.74, 6) is -0.312. The molecule has 2 aliphatic carbocycles. The molecule has 1 aliphatic heterocycles. The normalized spacial score (nSPS) is 28.9. The van der Waals surface area contributed by atoms with Crippen molar-refractivity contribution < 1.29 is 14.3 Å². The second kappa shape index (κ2) is 8.10. The molecule has 33 heavy (non-hydrogen) atoms. The lowest BCUT2D eigenvalue weighted by molar-refractivity contribution is -0.123. The summed E-state index contributed by atoms with van der Waals surface area (Å²) < 4.78 is 7.64. The lowest BCUT2D eigenvalue weighted by Gasteiger charge is -2.41. The molecule has 1 aromatic heterocycles. The maximum atomic E-state index is 13.0. The number of H-pyrrole nitrogens is 1. The minimum Gasteiger partial charge on any atom is -0.445 e. The van der Waals surface area contributed by atoms with Crippen LogP contribution in [0, 0.1) is 29.1 Å². The average molecular weight is 450 g/mol. The molecule has 3 N–H and O–H groups in total. The molecule has 9 nitrogen and oxygen atoms in total. The van der Waals surface area contributed by atoms with Gasteiger partial charge in [0.1, 0.15) is 6.10 Å². The quantitative estimate of drug-likeness (QED) is 0.694. The molecule has 2 unspecified atom stereocenters. The lowest BCUT2D eigenvalue weighted by Crippen LogP contribution is -2.44. The summed E-state index contributed by atoms with van der Waals surface area (Å²) in [6, 6.07) is 7.01. The number of primary amides is 1. The molecule has 0 radical (unpaired) electrons. The third-order valence-electron chi connectivity index (χ3n) is 7.37. The number of ether oxygens (including phenoxy) is 1. The number of nitrogens with zero attached hydrogens (tertiary/aromatic N) is 3. The van der Waals surface area contributed by atoms with Crippen molar-refractivity contribution in [2.75, 3.05) is 13.1 Å². The molecule has 1 saturated carbocycles. The highest BCUT2D eigenvalue weighted by molar-refractivity contribution is 5.78. The Morgan fingerprint density at radius 1 is 1.30 bits per heavy atom. The molecule has 2 amide bonds. The summed E-state index contributed by atoms with van der Waals surface area (Å²) in [6.07, 6.45) is 4.28. The van der Waals surface area contributed by atoms with Gasteiger partial charge in [-0.25, -0.2) is 9.59 Å². The second-order valence-corrected chi connectivity index (χ2v) is 9.57. The van der Waals surface area contributed by atoms with E-state index in [0.717, 1.165) is 11.9 Å². The Kier molecular flexibility index (Phi) is 5.23. The Morgan fingerprint density at radius 2 is 2.12 bits per heavy atom. The van der Waals surface area contributed by atoms with Gasteiger partial charge in [0.2, 0.25) is 5.91 Å². The molecule has 2 bridgehead atoms. The van der Waals surface area contributed by atoms with E-state index >= 15 is 0 Å². The fraction of sp³-hybridized carbons (Fsp3) is 0.500. The number of hydrogen-bond acceptors (Lipinski definition) is 5. The minimum atomic E-state index is -0.382. The molecule has 1 saturated heterocycles. The topological polar surface area (TPSA) is 134 Å². The number of likely N-dealkylation sites (tertiary alicyclic amines) is 1. The summed E-state index contributed by atoms with van der Waals surface area (Å²) in [5, 5.41) is 9.10. The van der Waals surface area contributed by atoms with Gasteiger partial charge >= 0.3 is 11.8 Å². The summed E-state index contributed by atoms with van der Waals surface area (Å²) in [4.78, 5) is 41.9. The molecule has 2 aromatic rings. The smallest absolute Gasteiger partial charge is 0.410 e. The Labute approximate surface area is 190 Å². The van der Waals surface area contributed by atoms with E-state index in [1.807, 2.05) is 6.92 Å². The van der Waals surface area contributed by atoms with E-state index in [1.54, 1.807) is 27.7 Å². The number of rotatable bonds is 3. The fourth-order valence-electron chi connectivity index (χ4n) is 5.84. The van der Waals surface area contributed by atoms with Crippen molar-refractivity contribution in [1.82, 2.24) is 14.5 Å². The Morgan fingerprint density at radius 3 is 2.88 bits per heavy atom. The van der Waals surface area contributed by atoms with Crippen LogP contribution in [0.25, 0.3) is 11.0 Å². The Balaban J connectivity index is 1.30. The van der Waals surface area contributed by atoms with Crippen LogP contribution in [0.1, 0.15) is 44.2 Å². The number of carbonyl (C=O) groups is 2. The number of nitrogens with one attached hydrogen (secondary N) is 1. The van der Waals surface area contributed by atoms with Crippen molar-refractivity contribution in [3.05, 3.63) is 45.9 Å². The van der Waals surface area contributed by atoms with Gasteiger partial charge in [-0.3, -0.25) is 9.36 Å². The first-order valence-corrected chi connectivity index (χ1v) is 11.4. The molecule has 2 fully saturated rings. The van der Waals surface area contributed by atoms with Crippen LogP contribution in [0.4, 0.5) is 4.79 Å². The van der Waals surface area contributed by atoms with E-state index in [1.165, 1.54) is 5.57 Å². The van der Waals surface area contributed by atoms with E-state index in [4.69, 9.17) is 15.7 Å². The van der Waals surface area contributed by atoms with Crippen molar-refractivity contribution in [3.8, 4) is 6.07 Å². The first kappa shape index (κ1) is 21.3. The molecule has 172 valence electrons. The number of benzene rings is 1. The van der Waals surface area contributed by atoms with Crippen molar-refractivity contribution in [1.29, 1.82) is 5.26 Å². The number of nitrogens with two attached hydrogens (primary N) is 1. The zero-order chi connectivity index (χ0) is 23.3. The van der Waals surface area contributed by atoms with Gasteiger partial charge in [-0.05, 0) is 43.9 Å². The number of allylic oxidation sites excluding steroid dienone is 1. The largest absolute Gasteiger partial charge is 0.445 e. The highest BCUT2D eigenvalue weighted by Crippen LogP contribution is 2.43. The van der Waals surface area contributed by atoms with E-state index in [-0.39, 0.29) is 47.6 Å². The number of amides is 2. The highest BCUT2D eigenvalue weighted by Gasteiger charge is 2.41. The first-order valence-electron chi connectivity index (χ1n) is 11.4. The van der Waals surface area contributed by atoms with Gasteiger partial charge < -0.3 is 20.4 Å². The predicted octanol–water partition coefficient (Wildman–Crippen LogP) is 2.43. The van der Waals surface area contributed by atoms with Crippen molar-refractivity contribution in [2.24, 2.45) is 23.5 Å². The third kappa shape index (κ3) is 3.80. The first-order chi connectivity index (χ1) is 15.8. The molecule has 2 heterocycles. The van der Waals surface area contributed by atoms with E-state index in [0.29, 0.717) is 43.4 Å². The zero-order valence-corrected chi connectivity index (χ0v) is 18.5. The number of fused-ring (bicyclic) bond motifs is 3. The SMILES string of the molecule is CC1C=C2CC(C[C@H](C(N)=O)C2)[C@H]1OC(=O)N1CC[C@@H](n2c(=O)[nH]c3cc(C#N)ccc32)C1. The van der Waals surface area contributed by atoms with Crippen LogP contribution >= 0.6 is 0 Å². The highest BCUT2D eigenvalue weighted by atomic mass is 16.6. The molecular formula is C24H27N5O4. The monoisotopic (exact) mass is 449 g/mol. The average Bonchev–Trinajstić information content (AvgIpc) is 3.39. The second-order valence-electron chi connectivity index (χ2n) is 9.57. The van der Waals surface area contributed by atoms with Gasteiger partial charge in [0, 0.05) is 30.8 Å². The van der Waals surface area contributed by atoms with Crippen LogP contribution in [0.5, 0.6) is 0 Å². The van der Waals surface area contributed by atoms with E-state index in [2.05, 4.69) is 17.1 Å². The van der Waals surface area contributed by atoms with Crippen LogP contribution in [-0.4, -0.2) is 45.6 Å². The summed E-state index contributed by atoms with van der Waals surface area (Å²) in [5.41, 5.74) is 8.34. The summed E-state index contributed by atoms with van der Waals surface area (Å²) in [7, 11) is 0. The molecule has 3 aliphatic rings. The van der Waals surface area contributed by atoms with Crippen LogP contribution in [-0.2, 0) is 9.53 Å². The molecule has 5 rings (SSSR count). The van der Waals surface area contributed by atoms with Gasteiger partial charge in [0.05, 0.1) is 28.7 Å². The summed E-state index contributed by atoms with van der Waals surface area (Å²) in [6.45, 7) is 2.92. The molecular weight excluding hydrogens is 422 g/mol. The Hall–Kier alpha value is -3.54. The van der Waals surface area contributed by atoms with Gasteiger partial charge in [0.25, 0.3) is 0 Å². The number of hydrogen-bond donors (Lipinski definition) is 2. The van der Waals surface area contributed by atoms with Crippen LogP contribution < -0.4 is 11.4 Å². The third-order valence-corrected chi connectivity index (χ3v) is 7.37. The van der Waals surface area contributed by atoms with Gasteiger partial charge in [-0.1, -0.05) is 18.6 Å². The number of nitriles is 1. The van der Waals surface area contributed by atoms with E-state index < -0.39 is 0 Å². The van der Waals surface area contributed by atoms with Crippen LogP contribution in [0.2, 0.25) is 0 Å². The summed E-state index contributed by atoms with van der Waals surface area (Å²) >= 11 is 0. The number of aromatic amines is 1. The minimum absolute atomic E-state index is 0.0838. The lowest BCUT2D eigenvalue weighted by atomic mass is 9.69. The predicted molar refractivity (Wildman–Crippen MR) is 120 cm³/mol. The molecule has 0 spiro atoms. The van der Waals surface area contributed by atoms with Gasteiger partial charge in [-0.2, -0.15) is 5.26 Å². The Bertz CT molecular complexity index is 1250. The molecule has 9 heteroatoms. The van der Waals surface area contributed by atoms with Crippen molar-refractivity contribution in [2.45, 2.75) is 44.8 Å². The molecule has 5 atom stereocenters. The maximum Gasteiger partial charge on any atom is 0.410 e. The van der Waals surface area contributed by atoms with E-state index in [9.17, 15) is 14.4 Å². The number of carbonyl (C=O) groups excluding carboxylic acids is 2. The van der Waals surface area contributed by atoms with Gasteiger partial charge in [-0.15, -0.1) is 0 Å². The van der Waals surface area contributed by atoms with Crippen molar-refractivity contribution in [3.63, 3.8) is 0 Å². The standard InChI is InChI=1S/C24H27N5O4/c1-13-6-15-7-16(10-17(8-15)22(26)30)21(13)33-24(32)28-5-4-18(12-28)29-20-3-2-14(11-25)9-19(20)27-23(29)31/h2-3,6,9,13,16-18,21H,4-5,7-8,10,12H2,1H3,(H2,26,30)(H,27,31)/t13?,16?,17-,18-,21+/m1/s1. The zero-order valence-electron chi connectivity index (χ0n) is 18.5. The number of imidazole rings is 1. The van der Waals surface area contributed by atoms with Gasteiger partial charge in [0.15, 0.2) is 0 Å². The van der Waals surface area contributed by atoms with Crippen LogP contribution in [0.15, 0.2) is 34.6 Å². The maximum absolute atomic E-state index is 13.0. The molecule has 1 aromatic carbocycles. The number of aromatic nitrogens is 2.